The van der Waals surface area contributed by atoms with Crippen molar-refractivity contribution in [2.45, 2.75) is 64.2 Å². The fraction of sp³-hybridized carbons (Fsp3) is 0.700. The Balaban J connectivity index is 0.00000127. The van der Waals surface area contributed by atoms with E-state index in [1.807, 2.05) is 25.8 Å². The standard InChI is InChI=1S/C18H30N2S.C2H6/c1-4-7-16(2)17-8-10-18(11-9-17)21-19(3)14-15-20-12-5-6-13-20;1-2/h8-11,16H,4-7,12-15H2,1-3H3;1-2H3. The number of likely N-dealkylation sites (N-methyl/N-ethyl adjacent to an activating group) is 1. The van der Waals surface area contributed by atoms with Gasteiger partial charge >= 0.3 is 0 Å². The van der Waals surface area contributed by atoms with Gasteiger partial charge in [0.05, 0.1) is 0 Å². The van der Waals surface area contributed by atoms with Crippen LogP contribution in [-0.4, -0.2) is 42.4 Å². The third-order valence-electron chi connectivity index (χ3n) is 4.36. The lowest BCUT2D eigenvalue weighted by Gasteiger charge is -2.20. The van der Waals surface area contributed by atoms with Gasteiger partial charge in [0.25, 0.3) is 0 Å². The lowest BCUT2D eigenvalue weighted by atomic mass is 9.97. The Labute approximate surface area is 148 Å². The van der Waals surface area contributed by atoms with Crippen molar-refractivity contribution in [1.82, 2.24) is 9.21 Å². The molecule has 2 nitrogen and oxygen atoms in total. The second-order valence-electron chi connectivity index (χ2n) is 6.25. The van der Waals surface area contributed by atoms with Gasteiger partial charge in [-0.25, -0.2) is 4.31 Å². The maximum absolute atomic E-state index is 2.58. The highest BCUT2D eigenvalue weighted by Gasteiger charge is 2.12. The molecule has 0 saturated carbocycles. The Bertz CT molecular complexity index is 399. The van der Waals surface area contributed by atoms with E-state index in [1.165, 1.54) is 55.8 Å². The predicted molar refractivity (Wildman–Crippen MR) is 105 cm³/mol. The molecule has 0 bridgehead atoms. The SMILES string of the molecule is CC.CCCC(C)c1ccc(SN(C)CCN2CCCC2)cc1. The van der Waals surface area contributed by atoms with Crippen LogP contribution in [0.5, 0.6) is 0 Å². The molecule has 0 radical (unpaired) electrons. The molecule has 1 saturated heterocycles. The zero-order valence-corrected chi connectivity index (χ0v) is 16.7. The number of hydrogen-bond acceptors (Lipinski definition) is 3. The molecule has 132 valence electrons. The second-order valence-corrected chi connectivity index (χ2v) is 7.53. The van der Waals surface area contributed by atoms with E-state index in [1.54, 1.807) is 0 Å². The molecule has 0 spiro atoms. The van der Waals surface area contributed by atoms with Crippen molar-refractivity contribution in [2.75, 3.05) is 33.2 Å². The van der Waals surface area contributed by atoms with E-state index < -0.39 is 0 Å². The summed E-state index contributed by atoms with van der Waals surface area (Å²) in [6.07, 6.45) is 5.31. The van der Waals surface area contributed by atoms with Gasteiger partial charge in [-0.1, -0.05) is 46.2 Å². The van der Waals surface area contributed by atoms with Crippen molar-refractivity contribution < 1.29 is 0 Å². The van der Waals surface area contributed by atoms with E-state index in [0.717, 1.165) is 6.54 Å². The molecule has 1 aliphatic heterocycles. The molecule has 1 fully saturated rings. The second kappa shape index (κ2) is 11.9. The number of likely N-dealkylation sites (tertiary alicyclic amines) is 1. The summed E-state index contributed by atoms with van der Waals surface area (Å²) in [5.74, 6) is 0.682. The Morgan fingerprint density at radius 3 is 2.30 bits per heavy atom. The average Bonchev–Trinajstić information content (AvgIpc) is 3.09. The van der Waals surface area contributed by atoms with Crippen LogP contribution in [0.1, 0.15) is 64.9 Å². The summed E-state index contributed by atoms with van der Waals surface area (Å²) < 4.78 is 2.36. The van der Waals surface area contributed by atoms with E-state index >= 15 is 0 Å². The van der Waals surface area contributed by atoms with Crippen molar-refractivity contribution in [2.24, 2.45) is 0 Å². The van der Waals surface area contributed by atoms with Gasteiger partial charge in [-0.3, -0.25) is 0 Å². The lowest BCUT2D eigenvalue weighted by molar-refractivity contribution is 0.317. The van der Waals surface area contributed by atoms with Crippen molar-refractivity contribution in [3.63, 3.8) is 0 Å². The highest BCUT2D eigenvalue weighted by atomic mass is 32.2. The van der Waals surface area contributed by atoms with Crippen LogP contribution < -0.4 is 0 Å². The van der Waals surface area contributed by atoms with Crippen LogP contribution in [0.3, 0.4) is 0 Å². The summed E-state index contributed by atoms with van der Waals surface area (Å²) in [6.45, 7) is 13.5. The summed E-state index contributed by atoms with van der Waals surface area (Å²) >= 11 is 1.87. The van der Waals surface area contributed by atoms with Crippen LogP contribution in [0, 0.1) is 0 Å². The van der Waals surface area contributed by atoms with Gasteiger partial charge in [0.2, 0.25) is 0 Å². The van der Waals surface area contributed by atoms with Crippen molar-refractivity contribution in [1.29, 1.82) is 0 Å². The lowest BCUT2D eigenvalue weighted by Crippen LogP contribution is -2.28. The number of rotatable bonds is 8. The van der Waals surface area contributed by atoms with Gasteiger partial charge < -0.3 is 4.90 Å². The molecular formula is C20H36N2S. The normalized spacial score (nSPS) is 16.3. The first-order chi connectivity index (χ1) is 11.2. The molecule has 2 rings (SSSR count). The van der Waals surface area contributed by atoms with E-state index in [9.17, 15) is 0 Å². The zero-order valence-electron chi connectivity index (χ0n) is 15.8. The third kappa shape index (κ3) is 7.73. The minimum Gasteiger partial charge on any atom is -0.302 e. The Morgan fingerprint density at radius 1 is 1.13 bits per heavy atom. The Kier molecular flexibility index (Phi) is 10.7. The molecule has 1 aromatic rings. The van der Waals surface area contributed by atoms with Crippen LogP contribution in [0.25, 0.3) is 0 Å². The zero-order chi connectivity index (χ0) is 17.1. The van der Waals surface area contributed by atoms with E-state index in [-0.39, 0.29) is 0 Å². The fourth-order valence-corrected chi connectivity index (χ4v) is 3.76. The number of nitrogens with zero attached hydrogens (tertiary/aromatic N) is 2. The van der Waals surface area contributed by atoms with E-state index in [0.29, 0.717) is 5.92 Å². The smallest absolute Gasteiger partial charge is 0.0230 e. The molecule has 23 heavy (non-hydrogen) atoms. The molecular weight excluding hydrogens is 300 g/mol. The minimum atomic E-state index is 0.682. The van der Waals surface area contributed by atoms with Crippen LogP contribution in [0.15, 0.2) is 29.2 Å². The third-order valence-corrected chi connectivity index (χ3v) is 5.34. The van der Waals surface area contributed by atoms with Crippen LogP contribution in [0.2, 0.25) is 0 Å². The van der Waals surface area contributed by atoms with Gasteiger partial charge in [0.15, 0.2) is 0 Å². The highest BCUT2D eigenvalue weighted by Crippen LogP contribution is 2.25. The predicted octanol–water partition coefficient (Wildman–Crippen LogP) is 5.65. The van der Waals surface area contributed by atoms with Crippen molar-refractivity contribution >= 4 is 11.9 Å². The van der Waals surface area contributed by atoms with Crippen LogP contribution in [-0.2, 0) is 0 Å². The monoisotopic (exact) mass is 336 g/mol. The van der Waals surface area contributed by atoms with Gasteiger partial charge in [-0.2, -0.15) is 0 Å². The molecule has 1 atom stereocenters. The molecule has 1 aromatic carbocycles. The largest absolute Gasteiger partial charge is 0.302 e. The topological polar surface area (TPSA) is 6.48 Å². The maximum atomic E-state index is 2.58. The number of hydrogen-bond donors (Lipinski definition) is 0. The van der Waals surface area contributed by atoms with E-state index in [2.05, 4.69) is 54.4 Å². The molecule has 0 amide bonds. The maximum Gasteiger partial charge on any atom is 0.0230 e. The summed E-state index contributed by atoms with van der Waals surface area (Å²) in [6, 6.07) is 9.16. The molecule has 1 unspecified atom stereocenters. The van der Waals surface area contributed by atoms with E-state index in [4.69, 9.17) is 0 Å². The van der Waals surface area contributed by atoms with Gasteiger partial charge in [-0.15, -0.1) is 0 Å². The average molecular weight is 337 g/mol. The van der Waals surface area contributed by atoms with Crippen molar-refractivity contribution in [3.05, 3.63) is 29.8 Å². The van der Waals surface area contributed by atoms with Crippen LogP contribution in [0.4, 0.5) is 0 Å². The Morgan fingerprint density at radius 2 is 1.74 bits per heavy atom. The fourth-order valence-electron chi connectivity index (χ4n) is 2.97. The number of benzene rings is 1. The summed E-state index contributed by atoms with van der Waals surface area (Å²) in [5.41, 5.74) is 1.47. The van der Waals surface area contributed by atoms with Crippen LogP contribution >= 0.6 is 11.9 Å². The van der Waals surface area contributed by atoms with Gasteiger partial charge in [0.1, 0.15) is 0 Å². The molecule has 3 heteroatoms. The van der Waals surface area contributed by atoms with Crippen molar-refractivity contribution in [3.8, 4) is 0 Å². The molecule has 0 aliphatic carbocycles. The summed E-state index contributed by atoms with van der Waals surface area (Å²) in [7, 11) is 2.20. The first-order valence-corrected chi connectivity index (χ1v) is 10.2. The molecule has 0 aromatic heterocycles. The quantitative estimate of drug-likeness (QED) is 0.566. The highest BCUT2D eigenvalue weighted by molar-refractivity contribution is 7.97. The minimum absolute atomic E-state index is 0.682. The summed E-state index contributed by atoms with van der Waals surface area (Å²) in [5, 5.41) is 0. The van der Waals surface area contributed by atoms with Gasteiger partial charge in [0, 0.05) is 18.0 Å². The molecule has 1 heterocycles. The molecule has 1 aliphatic rings. The van der Waals surface area contributed by atoms with Gasteiger partial charge in [-0.05, 0) is 75.0 Å². The first kappa shape index (κ1) is 20.5. The Hall–Kier alpha value is -0.510. The first-order valence-electron chi connectivity index (χ1n) is 9.40. The summed E-state index contributed by atoms with van der Waals surface area (Å²) in [4.78, 5) is 3.93. The molecule has 0 N–H and O–H groups in total.